The number of phenols is 1. The van der Waals surface area contributed by atoms with Gasteiger partial charge in [-0.3, -0.25) is 0 Å². The summed E-state index contributed by atoms with van der Waals surface area (Å²) in [5, 5.41) is 15.8. The van der Waals surface area contributed by atoms with Crippen molar-refractivity contribution in [3.8, 4) is 5.75 Å². The van der Waals surface area contributed by atoms with Crippen molar-refractivity contribution >= 4 is 11.3 Å². The second-order valence-corrected chi connectivity index (χ2v) is 6.06. The van der Waals surface area contributed by atoms with Crippen LogP contribution in [0.25, 0.3) is 0 Å². The maximum absolute atomic E-state index is 9.90. The Hall–Kier alpha value is -1.32. The highest BCUT2D eigenvalue weighted by molar-refractivity contribution is 7.10. The van der Waals surface area contributed by atoms with Gasteiger partial charge in [0.25, 0.3) is 0 Å². The van der Waals surface area contributed by atoms with E-state index in [2.05, 4.69) is 35.8 Å². The lowest BCUT2D eigenvalue weighted by molar-refractivity contribution is 0.438. The Morgan fingerprint density at radius 3 is 3.00 bits per heavy atom. The third-order valence-corrected chi connectivity index (χ3v) is 4.93. The zero-order chi connectivity index (χ0) is 13.2. The van der Waals surface area contributed by atoms with Crippen LogP contribution < -0.4 is 5.32 Å². The highest BCUT2D eigenvalue weighted by atomic mass is 32.1. The van der Waals surface area contributed by atoms with Crippen molar-refractivity contribution in [3.05, 3.63) is 51.7 Å². The summed E-state index contributed by atoms with van der Waals surface area (Å²) in [5.41, 5.74) is 2.40. The number of aromatic hydroxyl groups is 1. The molecule has 0 saturated heterocycles. The van der Waals surface area contributed by atoms with Crippen LogP contribution in [-0.2, 0) is 6.42 Å². The smallest absolute Gasteiger partial charge is 0.119 e. The van der Waals surface area contributed by atoms with Crippen LogP contribution in [0.2, 0.25) is 0 Å². The summed E-state index contributed by atoms with van der Waals surface area (Å²) in [6, 6.07) is 11.0. The minimum atomic E-state index is 0.370. The Bertz CT molecular complexity index is 550. The fourth-order valence-electron chi connectivity index (χ4n) is 2.94. The number of fused-ring (bicyclic) bond motifs is 1. The normalized spacial score (nSPS) is 19.3. The number of nitrogens with one attached hydrogen (secondary N) is 1. The van der Waals surface area contributed by atoms with Gasteiger partial charge < -0.3 is 10.4 Å². The fraction of sp³-hybridized carbons (Fsp3) is 0.375. The van der Waals surface area contributed by atoms with Gasteiger partial charge in [-0.2, -0.15) is 0 Å². The number of phenolic OH excluding ortho intramolecular Hbond substituents is 1. The second kappa shape index (κ2) is 5.35. The molecule has 0 aliphatic heterocycles. The molecule has 2 nitrogen and oxygen atoms in total. The Balaban J connectivity index is 1.81. The van der Waals surface area contributed by atoms with Crippen molar-refractivity contribution in [3.63, 3.8) is 0 Å². The number of hydrogen-bond donors (Lipinski definition) is 2. The van der Waals surface area contributed by atoms with Crippen LogP contribution in [0.4, 0.5) is 0 Å². The Kier molecular flexibility index (Phi) is 3.58. The Labute approximate surface area is 118 Å². The summed E-state index contributed by atoms with van der Waals surface area (Å²) in [4.78, 5) is 1.40. The molecule has 3 heteroatoms. The highest BCUT2D eigenvalue weighted by Gasteiger charge is 2.26. The summed E-state index contributed by atoms with van der Waals surface area (Å²) in [6.45, 7) is 2.22. The average Bonchev–Trinajstić information content (AvgIpc) is 3.06. The van der Waals surface area contributed by atoms with E-state index in [1.807, 2.05) is 17.4 Å². The minimum absolute atomic E-state index is 0.370. The van der Waals surface area contributed by atoms with Gasteiger partial charge in [-0.15, -0.1) is 11.3 Å². The summed E-state index contributed by atoms with van der Waals surface area (Å²) < 4.78 is 0. The summed E-state index contributed by atoms with van der Waals surface area (Å²) in [5.74, 6) is 0.450. The molecule has 0 bridgehead atoms. The van der Waals surface area contributed by atoms with Crippen LogP contribution in [0.15, 0.2) is 35.7 Å². The van der Waals surface area contributed by atoms with E-state index in [9.17, 15) is 5.11 Å². The largest absolute Gasteiger partial charge is 0.508 e. The Morgan fingerprint density at radius 2 is 2.26 bits per heavy atom. The molecule has 2 unspecified atom stereocenters. The quantitative estimate of drug-likeness (QED) is 0.875. The maximum Gasteiger partial charge on any atom is 0.119 e. The van der Waals surface area contributed by atoms with Gasteiger partial charge >= 0.3 is 0 Å². The molecule has 100 valence electrons. The molecule has 0 radical (unpaired) electrons. The summed E-state index contributed by atoms with van der Waals surface area (Å²) >= 11 is 1.81. The van der Waals surface area contributed by atoms with Gasteiger partial charge in [-0.25, -0.2) is 0 Å². The van der Waals surface area contributed by atoms with E-state index < -0.39 is 0 Å². The fourth-order valence-corrected chi connectivity index (χ4v) is 3.81. The molecule has 1 aliphatic carbocycles. The lowest BCUT2D eigenvalue weighted by atomic mass is 10.1. The topological polar surface area (TPSA) is 32.3 Å². The van der Waals surface area contributed by atoms with Crippen molar-refractivity contribution in [2.45, 2.75) is 38.3 Å². The third kappa shape index (κ3) is 2.40. The minimum Gasteiger partial charge on any atom is -0.508 e. The van der Waals surface area contributed by atoms with Crippen molar-refractivity contribution in [2.75, 3.05) is 0 Å². The zero-order valence-electron chi connectivity index (χ0n) is 11.1. The molecule has 1 heterocycles. The van der Waals surface area contributed by atoms with Crippen LogP contribution in [0.5, 0.6) is 5.75 Å². The third-order valence-electron chi connectivity index (χ3n) is 3.94. The first-order chi connectivity index (χ1) is 9.29. The molecular weight excluding hydrogens is 254 g/mol. The molecule has 1 aromatic carbocycles. The van der Waals surface area contributed by atoms with E-state index in [1.54, 1.807) is 6.07 Å². The number of thiophene rings is 1. The van der Waals surface area contributed by atoms with E-state index >= 15 is 0 Å². The summed E-state index contributed by atoms with van der Waals surface area (Å²) in [7, 11) is 0. The molecule has 1 aromatic heterocycles. The molecule has 2 atom stereocenters. The first-order valence-corrected chi connectivity index (χ1v) is 7.77. The predicted molar refractivity (Wildman–Crippen MR) is 79.7 cm³/mol. The molecule has 1 aliphatic rings. The maximum atomic E-state index is 9.90. The lowest BCUT2D eigenvalue weighted by Gasteiger charge is -2.22. The van der Waals surface area contributed by atoms with Gasteiger partial charge in [0.15, 0.2) is 0 Å². The van der Waals surface area contributed by atoms with Gasteiger partial charge in [0.05, 0.1) is 0 Å². The molecule has 3 rings (SSSR count). The number of benzene rings is 1. The molecule has 2 aromatic rings. The van der Waals surface area contributed by atoms with Gasteiger partial charge in [-0.05, 0) is 47.9 Å². The lowest BCUT2D eigenvalue weighted by Crippen LogP contribution is -2.24. The molecule has 0 spiro atoms. The standard InChI is InChI=1S/C16H19NOS/c1-2-13(16-7-4-10-19-16)17-14-9-8-12-11(14)5-3-6-15(12)18/h3-7,10,13-14,17-18H,2,8-9H2,1H3. The molecule has 0 fully saturated rings. The van der Waals surface area contributed by atoms with Crippen LogP contribution in [0.1, 0.15) is 47.9 Å². The average molecular weight is 273 g/mol. The zero-order valence-corrected chi connectivity index (χ0v) is 11.9. The van der Waals surface area contributed by atoms with Gasteiger partial charge in [0, 0.05) is 17.0 Å². The van der Waals surface area contributed by atoms with Crippen molar-refractivity contribution < 1.29 is 5.11 Å². The van der Waals surface area contributed by atoms with E-state index in [1.165, 1.54) is 10.4 Å². The van der Waals surface area contributed by atoms with Gasteiger partial charge in [0.1, 0.15) is 5.75 Å². The van der Waals surface area contributed by atoms with Crippen LogP contribution in [0.3, 0.4) is 0 Å². The van der Waals surface area contributed by atoms with Crippen molar-refractivity contribution in [1.29, 1.82) is 0 Å². The van der Waals surface area contributed by atoms with Gasteiger partial charge in [-0.1, -0.05) is 25.1 Å². The molecule has 0 saturated carbocycles. The van der Waals surface area contributed by atoms with E-state index in [4.69, 9.17) is 0 Å². The molecular formula is C16H19NOS. The monoisotopic (exact) mass is 273 g/mol. The van der Waals surface area contributed by atoms with Crippen molar-refractivity contribution in [2.24, 2.45) is 0 Å². The van der Waals surface area contributed by atoms with E-state index in [0.29, 0.717) is 17.8 Å². The first-order valence-electron chi connectivity index (χ1n) is 6.89. The van der Waals surface area contributed by atoms with Crippen LogP contribution in [0, 0.1) is 0 Å². The predicted octanol–water partition coefficient (Wildman–Crippen LogP) is 4.18. The first kappa shape index (κ1) is 12.7. The highest BCUT2D eigenvalue weighted by Crippen LogP contribution is 2.38. The van der Waals surface area contributed by atoms with E-state index in [-0.39, 0.29) is 0 Å². The van der Waals surface area contributed by atoms with E-state index in [0.717, 1.165) is 24.8 Å². The summed E-state index contributed by atoms with van der Waals surface area (Å²) in [6.07, 6.45) is 3.14. The molecule has 19 heavy (non-hydrogen) atoms. The van der Waals surface area contributed by atoms with Crippen LogP contribution >= 0.6 is 11.3 Å². The van der Waals surface area contributed by atoms with Gasteiger partial charge in [0.2, 0.25) is 0 Å². The second-order valence-electron chi connectivity index (χ2n) is 5.08. The van der Waals surface area contributed by atoms with Crippen molar-refractivity contribution in [1.82, 2.24) is 5.32 Å². The SMILES string of the molecule is CCC(NC1CCc2c(O)cccc21)c1cccs1. The molecule has 0 amide bonds. The van der Waals surface area contributed by atoms with Crippen LogP contribution in [-0.4, -0.2) is 5.11 Å². The number of hydrogen-bond acceptors (Lipinski definition) is 3. The Morgan fingerprint density at radius 1 is 1.37 bits per heavy atom. The molecule has 2 N–H and O–H groups in total. The number of rotatable bonds is 4.